The van der Waals surface area contributed by atoms with E-state index in [1.54, 1.807) is 0 Å². The third-order valence-corrected chi connectivity index (χ3v) is 3.55. The van der Waals surface area contributed by atoms with Crippen molar-refractivity contribution in [2.24, 2.45) is 0 Å². The summed E-state index contributed by atoms with van der Waals surface area (Å²) < 4.78 is 5.60. The van der Waals surface area contributed by atoms with Crippen molar-refractivity contribution in [3.8, 4) is 5.75 Å². The van der Waals surface area contributed by atoms with Crippen molar-refractivity contribution < 1.29 is 4.74 Å². The van der Waals surface area contributed by atoms with E-state index in [-0.39, 0.29) is 0 Å². The van der Waals surface area contributed by atoms with Gasteiger partial charge in [0.05, 0.1) is 6.61 Å². The fourth-order valence-electron chi connectivity index (χ4n) is 2.25. The smallest absolute Gasteiger partial charge is 0.119 e. The first-order valence-electron chi connectivity index (χ1n) is 7.70. The zero-order valence-corrected chi connectivity index (χ0v) is 13.2. The van der Waals surface area contributed by atoms with Gasteiger partial charge in [-0.05, 0) is 43.5 Å². The molecule has 0 aromatic heterocycles. The number of ether oxygens (including phenoxy) is 1. The molecule has 0 fully saturated rings. The Labute approximate surface area is 128 Å². The summed E-state index contributed by atoms with van der Waals surface area (Å²) in [5.41, 5.74) is 3.91. The quantitative estimate of drug-likeness (QED) is 0.799. The van der Waals surface area contributed by atoms with Crippen molar-refractivity contribution in [3.63, 3.8) is 0 Å². The summed E-state index contributed by atoms with van der Waals surface area (Å²) in [4.78, 5) is 0. The van der Waals surface area contributed by atoms with Crippen LogP contribution < -0.4 is 10.1 Å². The lowest BCUT2D eigenvalue weighted by molar-refractivity contribution is 0.317. The lowest BCUT2D eigenvalue weighted by Gasteiger charge is -2.15. The summed E-state index contributed by atoms with van der Waals surface area (Å²) in [5, 5.41) is 3.56. The van der Waals surface area contributed by atoms with Gasteiger partial charge in [0.2, 0.25) is 0 Å². The van der Waals surface area contributed by atoms with Gasteiger partial charge in [-0.2, -0.15) is 0 Å². The summed E-state index contributed by atoms with van der Waals surface area (Å²) in [7, 11) is 0. The molecule has 1 N–H and O–H groups in total. The molecule has 0 aliphatic rings. The molecule has 0 saturated heterocycles. The van der Waals surface area contributed by atoms with Crippen molar-refractivity contribution in [1.82, 2.24) is 5.32 Å². The summed E-state index contributed by atoms with van der Waals surface area (Å²) in [5.74, 6) is 0.951. The summed E-state index contributed by atoms with van der Waals surface area (Å²) >= 11 is 0. The number of hydrogen-bond acceptors (Lipinski definition) is 2. The van der Waals surface area contributed by atoms with E-state index in [2.05, 4.69) is 62.5 Å². The van der Waals surface area contributed by atoms with Gasteiger partial charge in [0, 0.05) is 12.6 Å². The van der Waals surface area contributed by atoms with Crippen LogP contribution in [0.3, 0.4) is 0 Å². The molecule has 0 aliphatic heterocycles. The van der Waals surface area contributed by atoms with E-state index in [0.29, 0.717) is 6.04 Å². The highest BCUT2D eigenvalue weighted by atomic mass is 16.5. The fraction of sp³-hybridized carbons (Fsp3) is 0.368. The van der Waals surface area contributed by atoms with Crippen LogP contribution in [0.4, 0.5) is 0 Å². The minimum atomic E-state index is 0.348. The molecule has 112 valence electrons. The Morgan fingerprint density at radius 3 is 2.52 bits per heavy atom. The van der Waals surface area contributed by atoms with Gasteiger partial charge in [-0.25, -0.2) is 0 Å². The van der Waals surface area contributed by atoms with Gasteiger partial charge < -0.3 is 10.1 Å². The van der Waals surface area contributed by atoms with Crippen molar-refractivity contribution in [3.05, 3.63) is 65.2 Å². The number of benzene rings is 2. The van der Waals surface area contributed by atoms with E-state index in [0.717, 1.165) is 25.3 Å². The van der Waals surface area contributed by atoms with Gasteiger partial charge in [-0.15, -0.1) is 0 Å². The molecule has 21 heavy (non-hydrogen) atoms. The molecular weight excluding hydrogens is 258 g/mol. The Morgan fingerprint density at radius 1 is 1.10 bits per heavy atom. The summed E-state index contributed by atoms with van der Waals surface area (Å²) in [6, 6.07) is 17.3. The van der Waals surface area contributed by atoms with Gasteiger partial charge >= 0.3 is 0 Å². The maximum absolute atomic E-state index is 5.60. The van der Waals surface area contributed by atoms with E-state index in [9.17, 15) is 0 Å². The first-order chi connectivity index (χ1) is 10.2. The highest BCUT2D eigenvalue weighted by Crippen LogP contribution is 2.16. The van der Waals surface area contributed by atoms with Crippen LogP contribution in [0.2, 0.25) is 0 Å². The Kier molecular flexibility index (Phi) is 5.82. The molecule has 2 heteroatoms. The fourth-order valence-corrected chi connectivity index (χ4v) is 2.25. The number of rotatable bonds is 7. The Hall–Kier alpha value is -1.80. The van der Waals surface area contributed by atoms with Crippen LogP contribution in [0.15, 0.2) is 48.5 Å². The van der Waals surface area contributed by atoms with Crippen LogP contribution in [-0.4, -0.2) is 6.61 Å². The zero-order chi connectivity index (χ0) is 15.1. The average Bonchev–Trinajstić information content (AvgIpc) is 2.51. The topological polar surface area (TPSA) is 21.3 Å². The molecule has 0 unspecified atom stereocenters. The summed E-state index contributed by atoms with van der Waals surface area (Å²) in [6.07, 6.45) is 1.04. The second-order valence-electron chi connectivity index (χ2n) is 5.51. The molecule has 2 nitrogen and oxygen atoms in total. The highest BCUT2D eigenvalue weighted by Gasteiger charge is 2.05. The van der Waals surface area contributed by atoms with E-state index in [1.807, 2.05) is 12.1 Å². The average molecular weight is 283 g/mol. The molecule has 0 amide bonds. The molecule has 2 rings (SSSR count). The normalized spacial score (nSPS) is 12.1. The first-order valence-corrected chi connectivity index (χ1v) is 7.70. The van der Waals surface area contributed by atoms with E-state index < -0.39 is 0 Å². The van der Waals surface area contributed by atoms with Crippen LogP contribution in [0, 0.1) is 6.92 Å². The molecule has 0 spiro atoms. The number of aryl methyl sites for hydroxylation is 1. The number of nitrogens with one attached hydrogen (secondary N) is 1. The maximum atomic E-state index is 5.60. The Morgan fingerprint density at radius 2 is 1.86 bits per heavy atom. The molecule has 0 saturated carbocycles. The molecule has 1 atom stereocenters. The van der Waals surface area contributed by atoms with Gasteiger partial charge in [-0.3, -0.25) is 0 Å². The standard InChI is InChI=1S/C19H25NO/c1-4-12-21-19-10-8-17(9-11-19)14-20-16(3)18-7-5-6-15(2)13-18/h5-11,13,16,20H,4,12,14H2,1-3H3/t16-/m1/s1. The SMILES string of the molecule is CCCOc1ccc(CN[C@H](C)c2cccc(C)c2)cc1. The van der Waals surface area contributed by atoms with E-state index >= 15 is 0 Å². The molecule has 0 heterocycles. The zero-order valence-electron chi connectivity index (χ0n) is 13.2. The molecule has 2 aromatic rings. The highest BCUT2D eigenvalue weighted by molar-refractivity contribution is 5.28. The summed E-state index contributed by atoms with van der Waals surface area (Å²) in [6.45, 7) is 8.09. The third-order valence-electron chi connectivity index (χ3n) is 3.55. The lowest BCUT2D eigenvalue weighted by atomic mass is 10.1. The van der Waals surface area contributed by atoms with Gasteiger partial charge in [0.1, 0.15) is 5.75 Å². The third kappa shape index (κ3) is 4.91. The molecule has 0 bridgehead atoms. The van der Waals surface area contributed by atoms with Crippen LogP contribution in [0.25, 0.3) is 0 Å². The van der Waals surface area contributed by atoms with Gasteiger partial charge in [0.25, 0.3) is 0 Å². The van der Waals surface area contributed by atoms with Crippen LogP contribution >= 0.6 is 0 Å². The number of hydrogen-bond donors (Lipinski definition) is 1. The van der Waals surface area contributed by atoms with Crippen LogP contribution in [-0.2, 0) is 6.54 Å². The van der Waals surface area contributed by atoms with E-state index in [1.165, 1.54) is 16.7 Å². The molecule has 0 aliphatic carbocycles. The lowest BCUT2D eigenvalue weighted by Crippen LogP contribution is -2.18. The second kappa shape index (κ2) is 7.84. The van der Waals surface area contributed by atoms with E-state index in [4.69, 9.17) is 4.74 Å². The largest absolute Gasteiger partial charge is 0.494 e. The molecular formula is C19H25NO. The molecule has 0 radical (unpaired) electrons. The van der Waals surface area contributed by atoms with Crippen molar-refractivity contribution in [1.29, 1.82) is 0 Å². The van der Waals surface area contributed by atoms with Crippen molar-refractivity contribution >= 4 is 0 Å². The second-order valence-corrected chi connectivity index (χ2v) is 5.51. The predicted molar refractivity (Wildman–Crippen MR) is 88.7 cm³/mol. The maximum Gasteiger partial charge on any atom is 0.119 e. The minimum absolute atomic E-state index is 0.348. The van der Waals surface area contributed by atoms with Crippen LogP contribution in [0.1, 0.15) is 43.0 Å². The monoisotopic (exact) mass is 283 g/mol. The predicted octanol–water partition coefficient (Wildman–Crippen LogP) is 4.63. The first kappa shape index (κ1) is 15.6. The van der Waals surface area contributed by atoms with Crippen molar-refractivity contribution in [2.45, 2.75) is 39.8 Å². The minimum Gasteiger partial charge on any atom is -0.494 e. The Bertz CT molecular complexity index is 548. The Balaban J connectivity index is 1.87. The van der Waals surface area contributed by atoms with Crippen molar-refractivity contribution in [2.75, 3.05) is 6.61 Å². The van der Waals surface area contributed by atoms with Gasteiger partial charge in [-0.1, -0.05) is 48.9 Å². The molecule has 2 aromatic carbocycles. The van der Waals surface area contributed by atoms with Gasteiger partial charge in [0.15, 0.2) is 0 Å². The van der Waals surface area contributed by atoms with Crippen LogP contribution in [0.5, 0.6) is 5.75 Å².